The second-order valence-corrected chi connectivity index (χ2v) is 6.25. The number of rotatable bonds is 6. The lowest BCUT2D eigenvalue weighted by atomic mass is 10.1. The van der Waals surface area contributed by atoms with Crippen LogP contribution < -0.4 is 9.47 Å². The van der Waals surface area contributed by atoms with E-state index in [0.29, 0.717) is 13.2 Å². The first-order valence-corrected chi connectivity index (χ1v) is 8.44. The summed E-state index contributed by atoms with van der Waals surface area (Å²) in [7, 11) is 0. The van der Waals surface area contributed by atoms with Gasteiger partial charge in [-0.05, 0) is 37.1 Å². The van der Waals surface area contributed by atoms with Gasteiger partial charge >= 0.3 is 0 Å². The van der Waals surface area contributed by atoms with Crippen LogP contribution in [0, 0.1) is 0 Å². The van der Waals surface area contributed by atoms with Crippen molar-refractivity contribution < 1.29 is 9.47 Å². The van der Waals surface area contributed by atoms with Crippen LogP contribution in [0.2, 0.25) is 0 Å². The minimum atomic E-state index is 0.712. The van der Waals surface area contributed by atoms with Gasteiger partial charge in [-0.1, -0.05) is 45.7 Å². The molecular formula is C16H18Br2O2. The van der Waals surface area contributed by atoms with Crippen molar-refractivity contribution in [1.82, 2.24) is 0 Å². The minimum Gasteiger partial charge on any atom is -0.493 e. The molecule has 20 heavy (non-hydrogen) atoms. The van der Waals surface area contributed by atoms with Crippen molar-refractivity contribution in [3.05, 3.63) is 33.2 Å². The lowest BCUT2D eigenvalue weighted by Crippen LogP contribution is -1.99. The van der Waals surface area contributed by atoms with Gasteiger partial charge in [0.25, 0.3) is 0 Å². The zero-order valence-corrected chi connectivity index (χ0v) is 14.9. The molecule has 0 bridgehead atoms. The van der Waals surface area contributed by atoms with Gasteiger partial charge in [0.1, 0.15) is 11.5 Å². The summed E-state index contributed by atoms with van der Waals surface area (Å²) in [4.78, 5) is 0. The fourth-order valence-electron chi connectivity index (χ4n) is 2.02. The van der Waals surface area contributed by atoms with Gasteiger partial charge in [-0.25, -0.2) is 0 Å². The summed E-state index contributed by atoms with van der Waals surface area (Å²) >= 11 is 7.24. The van der Waals surface area contributed by atoms with Crippen LogP contribution in [0.4, 0.5) is 0 Å². The Labute approximate surface area is 136 Å². The molecule has 0 aliphatic carbocycles. The number of fused-ring (bicyclic) bond motifs is 1. The average Bonchev–Trinajstić information content (AvgIpc) is 2.46. The molecule has 0 spiro atoms. The van der Waals surface area contributed by atoms with E-state index in [4.69, 9.17) is 9.47 Å². The van der Waals surface area contributed by atoms with Crippen LogP contribution in [-0.4, -0.2) is 13.2 Å². The maximum Gasteiger partial charge on any atom is 0.128 e. The highest BCUT2D eigenvalue weighted by molar-refractivity contribution is 9.11. The van der Waals surface area contributed by atoms with E-state index in [0.717, 1.165) is 44.1 Å². The van der Waals surface area contributed by atoms with E-state index in [1.807, 2.05) is 24.3 Å². The lowest BCUT2D eigenvalue weighted by molar-refractivity contribution is 0.317. The largest absolute Gasteiger partial charge is 0.493 e. The molecule has 0 heterocycles. The number of ether oxygens (including phenoxy) is 2. The topological polar surface area (TPSA) is 18.5 Å². The molecule has 0 unspecified atom stereocenters. The van der Waals surface area contributed by atoms with Gasteiger partial charge < -0.3 is 9.47 Å². The van der Waals surface area contributed by atoms with Crippen LogP contribution in [0.15, 0.2) is 33.2 Å². The van der Waals surface area contributed by atoms with Gasteiger partial charge in [-0.3, -0.25) is 0 Å². The molecule has 0 saturated heterocycles. The van der Waals surface area contributed by atoms with Crippen molar-refractivity contribution in [3.8, 4) is 11.5 Å². The number of halogens is 2. The normalized spacial score (nSPS) is 10.8. The van der Waals surface area contributed by atoms with Gasteiger partial charge in [0.15, 0.2) is 0 Å². The van der Waals surface area contributed by atoms with Crippen molar-refractivity contribution in [2.45, 2.75) is 26.7 Å². The maximum absolute atomic E-state index is 5.86. The molecule has 0 N–H and O–H groups in total. The molecule has 2 aromatic carbocycles. The summed E-state index contributed by atoms with van der Waals surface area (Å²) in [6.07, 6.45) is 1.97. The smallest absolute Gasteiger partial charge is 0.128 e. The summed E-state index contributed by atoms with van der Waals surface area (Å²) in [5.74, 6) is 1.78. The predicted molar refractivity (Wildman–Crippen MR) is 90.9 cm³/mol. The summed E-state index contributed by atoms with van der Waals surface area (Å²) < 4.78 is 13.7. The van der Waals surface area contributed by atoms with E-state index in [-0.39, 0.29) is 0 Å². The highest BCUT2D eigenvalue weighted by Crippen LogP contribution is 2.42. The molecular weight excluding hydrogens is 384 g/mol. The molecule has 0 atom stereocenters. The van der Waals surface area contributed by atoms with E-state index in [2.05, 4.69) is 45.7 Å². The second kappa shape index (κ2) is 7.32. The van der Waals surface area contributed by atoms with E-state index in [1.165, 1.54) is 0 Å². The van der Waals surface area contributed by atoms with Gasteiger partial charge in [-0.2, -0.15) is 0 Å². The van der Waals surface area contributed by atoms with Crippen LogP contribution in [-0.2, 0) is 0 Å². The standard InChI is InChI=1S/C16H18Br2O2/c1-3-9-19-13-7-5-12(18)16-14(20-10-4-2)8-6-11(17)15(13)16/h5-8H,3-4,9-10H2,1-2H3. The van der Waals surface area contributed by atoms with Crippen molar-refractivity contribution in [3.63, 3.8) is 0 Å². The highest BCUT2D eigenvalue weighted by Gasteiger charge is 2.14. The first-order valence-electron chi connectivity index (χ1n) is 6.85. The van der Waals surface area contributed by atoms with Crippen molar-refractivity contribution >= 4 is 42.6 Å². The van der Waals surface area contributed by atoms with Gasteiger partial charge in [0.05, 0.1) is 13.2 Å². The van der Waals surface area contributed by atoms with Crippen LogP contribution in [0.1, 0.15) is 26.7 Å². The molecule has 0 aliphatic rings. The SMILES string of the molecule is CCCOc1ccc(Br)c2c(OCCC)ccc(Br)c12. The Morgan fingerprint density at radius 1 is 0.750 bits per heavy atom. The fraction of sp³-hybridized carbons (Fsp3) is 0.375. The quantitative estimate of drug-likeness (QED) is 0.595. The lowest BCUT2D eigenvalue weighted by Gasteiger charge is -2.15. The van der Waals surface area contributed by atoms with Crippen LogP contribution >= 0.6 is 31.9 Å². The Balaban J connectivity index is 2.58. The van der Waals surface area contributed by atoms with Crippen molar-refractivity contribution in [1.29, 1.82) is 0 Å². The van der Waals surface area contributed by atoms with Crippen LogP contribution in [0.5, 0.6) is 11.5 Å². The van der Waals surface area contributed by atoms with E-state index < -0.39 is 0 Å². The molecule has 0 fully saturated rings. The van der Waals surface area contributed by atoms with Gasteiger partial charge in [-0.15, -0.1) is 0 Å². The first-order chi connectivity index (χ1) is 9.69. The van der Waals surface area contributed by atoms with Crippen molar-refractivity contribution in [2.75, 3.05) is 13.2 Å². The van der Waals surface area contributed by atoms with E-state index in [1.54, 1.807) is 0 Å². The molecule has 2 rings (SSSR count). The Morgan fingerprint density at radius 2 is 1.15 bits per heavy atom. The molecule has 4 heteroatoms. The fourth-order valence-corrected chi connectivity index (χ4v) is 3.07. The summed E-state index contributed by atoms with van der Waals surface area (Å²) in [6, 6.07) is 8.02. The summed E-state index contributed by atoms with van der Waals surface area (Å²) in [5.41, 5.74) is 0. The Hall–Kier alpha value is -0.740. The zero-order chi connectivity index (χ0) is 14.5. The third-order valence-electron chi connectivity index (χ3n) is 2.91. The molecule has 2 aromatic rings. The highest BCUT2D eigenvalue weighted by atomic mass is 79.9. The molecule has 0 amide bonds. The summed E-state index contributed by atoms with van der Waals surface area (Å²) in [5, 5.41) is 2.11. The average molecular weight is 402 g/mol. The van der Waals surface area contributed by atoms with Crippen LogP contribution in [0.25, 0.3) is 10.8 Å². The van der Waals surface area contributed by atoms with E-state index >= 15 is 0 Å². The third kappa shape index (κ3) is 3.29. The third-order valence-corrected chi connectivity index (χ3v) is 4.23. The molecule has 0 aromatic heterocycles. The molecule has 0 aliphatic heterocycles. The van der Waals surface area contributed by atoms with Crippen molar-refractivity contribution in [2.24, 2.45) is 0 Å². The number of hydrogen-bond donors (Lipinski definition) is 0. The molecule has 0 saturated carbocycles. The molecule has 108 valence electrons. The predicted octanol–water partition coefficient (Wildman–Crippen LogP) is 5.94. The maximum atomic E-state index is 5.86. The molecule has 2 nitrogen and oxygen atoms in total. The Bertz CT molecular complexity index is 543. The number of hydrogen-bond acceptors (Lipinski definition) is 2. The monoisotopic (exact) mass is 400 g/mol. The second-order valence-electron chi connectivity index (χ2n) is 4.54. The first kappa shape index (κ1) is 15.6. The van der Waals surface area contributed by atoms with E-state index in [9.17, 15) is 0 Å². The van der Waals surface area contributed by atoms with Gasteiger partial charge in [0, 0.05) is 19.7 Å². The number of benzene rings is 2. The zero-order valence-electron chi connectivity index (χ0n) is 11.7. The Kier molecular flexibility index (Phi) is 5.73. The summed E-state index contributed by atoms with van der Waals surface area (Å²) in [6.45, 7) is 5.63. The Morgan fingerprint density at radius 3 is 1.50 bits per heavy atom. The molecule has 0 radical (unpaired) electrons. The van der Waals surface area contributed by atoms with Crippen LogP contribution in [0.3, 0.4) is 0 Å². The minimum absolute atomic E-state index is 0.712. The van der Waals surface area contributed by atoms with Gasteiger partial charge in [0.2, 0.25) is 0 Å².